The van der Waals surface area contributed by atoms with Gasteiger partial charge in [0.05, 0.1) is 0 Å². The maximum atomic E-state index is 6.13. The van der Waals surface area contributed by atoms with Gasteiger partial charge in [-0.1, -0.05) is 30.7 Å². The van der Waals surface area contributed by atoms with E-state index >= 15 is 0 Å². The summed E-state index contributed by atoms with van der Waals surface area (Å²) in [6.45, 7) is 3.54. The van der Waals surface area contributed by atoms with Gasteiger partial charge in [0, 0.05) is 19.3 Å². The highest BCUT2D eigenvalue weighted by Crippen LogP contribution is 2.36. The lowest BCUT2D eigenvalue weighted by atomic mass is 9.80. The molecule has 0 aromatic heterocycles. The molecular weight excluding hydrogens is 210 g/mol. The number of rotatable bonds is 6. The fourth-order valence-corrected chi connectivity index (χ4v) is 2.28. The zero-order valence-electron chi connectivity index (χ0n) is 10.7. The van der Waals surface area contributed by atoms with Crippen molar-refractivity contribution in [3.63, 3.8) is 0 Å². The highest BCUT2D eigenvalue weighted by atomic mass is 16.5. The van der Waals surface area contributed by atoms with Gasteiger partial charge in [-0.05, 0) is 43.2 Å². The molecule has 2 nitrogen and oxygen atoms in total. The summed E-state index contributed by atoms with van der Waals surface area (Å²) >= 11 is 0. The van der Waals surface area contributed by atoms with Crippen molar-refractivity contribution in [2.75, 3.05) is 13.2 Å². The SMILES string of the molecule is CCOCCC(N)c1ccc(C2CCC2)cc1. The molecule has 94 valence electrons. The number of nitrogens with two attached hydrogens (primary N) is 1. The van der Waals surface area contributed by atoms with Gasteiger partial charge >= 0.3 is 0 Å². The molecule has 0 bridgehead atoms. The topological polar surface area (TPSA) is 35.2 Å². The van der Waals surface area contributed by atoms with E-state index < -0.39 is 0 Å². The molecule has 2 rings (SSSR count). The summed E-state index contributed by atoms with van der Waals surface area (Å²) in [5.74, 6) is 0.809. The van der Waals surface area contributed by atoms with Crippen LogP contribution in [-0.2, 0) is 4.74 Å². The first-order valence-electron chi connectivity index (χ1n) is 6.74. The molecule has 1 unspecified atom stereocenters. The van der Waals surface area contributed by atoms with E-state index in [-0.39, 0.29) is 6.04 Å². The number of hydrogen-bond donors (Lipinski definition) is 1. The minimum absolute atomic E-state index is 0.108. The van der Waals surface area contributed by atoms with E-state index in [0.717, 1.165) is 25.6 Å². The minimum Gasteiger partial charge on any atom is -0.382 e. The number of benzene rings is 1. The van der Waals surface area contributed by atoms with Gasteiger partial charge in [0.2, 0.25) is 0 Å². The first-order valence-corrected chi connectivity index (χ1v) is 6.74. The minimum atomic E-state index is 0.108. The lowest BCUT2D eigenvalue weighted by Gasteiger charge is -2.26. The zero-order valence-corrected chi connectivity index (χ0v) is 10.7. The van der Waals surface area contributed by atoms with Crippen LogP contribution in [0.5, 0.6) is 0 Å². The van der Waals surface area contributed by atoms with Gasteiger partial charge in [-0.3, -0.25) is 0 Å². The lowest BCUT2D eigenvalue weighted by Crippen LogP contribution is -2.14. The van der Waals surface area contributed by atoms with Gasteiger partial charge in [0.15, 0.2) is 0 Å². The Balaban J connectivity index is 1.87. The van der Waals surface area contributed by atoms with Gasteiger partial charge < -0.3 is 10.5 Å². The van der Waals surface area contributed by atoms with E-state index in [4.69, 9.17) is 10.5 Å². The average molecular weight is 233 g/mol. The van der Waals surface area contributed by atoms with Crippen LogP contribution in [0.4, 0.5) is 0 Å². The van der Waals surface area contributed by atoms with Crippen LogP contribution in [0.15, 0.2) is 24.3 Å². The lowest BCUT2D eigenvalue weighted by molar-refractivity contribution is 0.140. The van der Waals surface area contributed by atoms with E-state index in [1.165, 1.54) is 30.4 Å². The maximum Gasteiger partial charge on any atom is 0.0483 e. The quantitative estimate of drug-likeness (QED) is 0.764. The molecule has 0 saturated heterocycles. The summed E-state index contributed by atoms with van der Waals surface area (Å²) in [7, 11) is 0. The molecule has 17 heavy (non-hydrogen) atoms. The van der Waals surface area contributed by atoms with Crippen molar-refractivity contribution < 1.29 is 4.74 Å². The Labute approximate surface area is 104 Å². The molecule has 0 aliphatic heterocycles. The fraction of sp³-hybridized carbons (Fsp3) is 0.600. The molecule has 1 aliphatic carbocycles. The fourth-order valence-electron chi connectivity index (χ4n) is 2.28. The molecule has 1 saturated carbocycles. The molecule has 1 aromatic rings. The van der Waals surface area contributed by atoms with Gasteiger partial charge in [0.25, 0.3) is 0 Å². The van der Waals surface area contributed by atoms with Crippen LogP contribution in [0, 0.1) is 0 Å². The zero-order chi connectivity index (χ0) is 12.1. The van der Waals surface area contributed by atoms with Crippen molar-refractivity contribution in [3.05, 3.63) is 35.4 Å². The third-order valence-electron chi connectivity index (χ3n) is 3.72. The van der Waals surface area contributed by atoms with Crippen molar-refractivity contribution in [1.29, 1.82) is 0 Å². The molecule has 0 radical (unpaired) electrons. The Morgan fingerprint density at radius 2 is 2.00 bits per heavy atom. The Morgan fingerprint density at radius 3 is 2.53 bits per heavy atom. The van der Waals surface area contributed by atoms with Gasteiger partial charge in [-0.15, -0.1) is 0 Å². The molecule has 0 spiro atoms. The van der Waals surface area contributed by atoms with Crippen LogP contribution >= 0.6 is 0 Å². The van der Waals surface area contributed by atoms with E-state index in [0.29, 0.717) is 0 Å². The summed E-state index contributed by atoms with van der Waals surface area (Å²) < 4.78 is 5.33. The van der Waals surface area contributed by atoms with E-state index in [1.54, 1.807) is 0 Å². The summed E-state index contributed by atoms with van der Waals surface area (Å²) in [5.41, 5.74) is 8.84. The smallest absolute Gasteiger partial charge is 0.0483 e. The number of ether oxygens (including phenoxy) is 1. The third kappa shape index (κ3) is 3.30. The monoisotopic (exact) mass is 233 g/mol. The molecule has 2 heteroatoms. The molecule has 1 aromatic carbocycles. The average Bonchev–Trinajstić information content (AvgIpc) is 2.28. The van der Waals surface area contributed by atoms with E-state index in [9.17, 15) is 0 Å². The second-order valence-corrected chi connectivity index (χ2v) is 4.89. The van der Waals surface area contributed by atoms with Crippen molar-refractivity contribution in [1.82, 2.24) is 0 Å². The second kappa shape index (κ2) is 6.18. The van der Waals surface area contributed by atoms with Crippen LogP contribution in [0.2, 0.25) is 0 Å². The Bertz CT molecular complexity index is 329. The highest BCUT2D eigenvalue weighted by Gasteiger charge is 2.19. The van der Waals surface area contributed by atoms with E-state index in [1.807, 2.05) is 6.92 Å². The largest absolute Gasteiger partial charge is 0.382 e. The number of hydrogen-bond acceptors (Lipinski definition) is 2. The Morgan fingerprint density at radius 1 is 1.29 bits per heavy atom. The molecule has 0 heterocycles. The first kappa shape index (κ1) is 12.6. The summed E-state index contributed by atoms with van der Waals surface area (Å²) in [4.78, 5) is 0. The summed E-state index contributed by atoms with van der Waals surface area (Å²) in [6.07, 6.45) is 5.00. The third-order valence-corrected chi connectivity index (χ3v) is 3.72. The standard InChI is InChI=1S/C15H23NO/c1-2-17-11-10-15(16)14-8-6-13(7-9-14)12-4-3-5-12/h6-9,12,15H,2-5,10-11,16H2,1H3. The Hall–Kier alpha value is -0.860. The van der Waals surface area contributed by atoms with Crippen molar-refractivity contribution in [2.24, 2.45) is 5.73 Å². The van der Waals surface area contributed by atoms with Crippen LogP contribution in [0.25, 0.3) is 0 Å². The van der Waals surface area contributed by atoms with Gasteiger partial charge in [-0.25, -0.2) is 0 Å². The van der Waals surface area contributed by atoms with Gasteiger partial charge in [-0.2, -0.15) is 0 Å². The maximum absolute atomic E-state index is 6.13. The van der Waals surface area contributed by atoms with Crippen molar-refractivity contribution in [2.45, 2.75) is 44.6 Å². The summed E-state index contributed by atoms with van der Waals surface area (Å²) in [5, 5.41) is 0. The Kier molecular flexibility index (Phi) is 4.57. The van der Waals surface area contributed by atoms with Crippen molar-refractivity contribution in [3.8, 4) is 0 Å². The highest BCUT2D eigenvalue weighted by molar-refractivity contribution is 5.28. The predicted molar refractivity (Wildman–Crippen MR) is 71.1 cm³/mol. The molecule has 0 amide bonds. The predicted octanol–water partition coefficient (Wildman–Crippen LogP) is 3.38. The van der Waals surface area contributed by atoms with Crippen LogP contribution < -0.4 is 5.73 Å². The van der Waals surface area contributed by atoms with Gasteiger partial charge in [0.1, 0.15) is 0 Å². The van der Waals surface area contributed by atoms with Crippen LogP contribution in [0.3, 0.4) is 0 Å². The summed E-state index contributed by atoms with van der Waals surface area (Å²) in [6, 6.07) is 8.98. The van der Waals surface area contributed by atoms with Crippen LogP contribution in [-0.4, -0.2) is 13.2 Å². The second-order valence-electron chi connectivity index (χ2n) is 4.89. The molecule has 1 fully saturated rings. The van der Waals surface area contributed by atoms with Crippen molar-refractivity contribution >= 4 is 0 Å². The van der Waals surface area contributed by atoms with E-state index in [2.05, 4.69) is 24.3 Å². The van der Waals surface area contributed by atoms with Crippen LogP contribution in [0.1, 0.15) is 55.7 Å². The normalized spacial score (nSPS) is 17.8. The molecular formula is C15H23NO. The molecule has 2 N–H and O–H groups in total. The molecule has 1 aliphatic rings. The first-order chi connectivity index (χ1) is 8.31. The molecule has 1 atom stereocenters.